The summed E-state index contributed by atoms with van der Waals surface area (Å²) in [5.74, 6) is 0.335. The second-order valence-corrected chi connectivity index (χ2v) is 5.24. The zero-order valence-electron chi connectivity index (χ0n) is 10.5. The Hall–Kier alpha value is -1.43. The first-order valence-corrected chi connectivity index (χ1v) is 6.54. The summed E-state index contributed by atoms with van der Waals surface area (Å²) in [6.45, 7) is 1.93. The van der Waals surface area contributed by atoms with E-state index in [0.29, 0.717) is 18.3 Å². The average Bonchev–Trinajstić information content (AvgIpc) is 2.93. The van der Waals surface area contributed by atoms with Crippen molar-refractivity contribution in [3.8, 4) is 0 Å². The minimum atomic E-state index is -0.783. The van der Waals surface area contributed by atoms with Crippen molar-refractivity contribution in [2.75, 3.05) is 13.6 Å². The molecule has 1 saturated heterocycles. The third-order valence-corrected chi connectivity index (χ3v) is 4.11. The summed E-state index contributed by atoms with van der Waals surface area (Å²) in [5.41, 5.74) is 0. The molecule has 1 fully saturated rings. The van der Waals surface area contributed by atoms with Crippen molar-refractivity contribution < 1.29 is 9.90 Å². The molecule has 6 heteroatoms. The first-order valence-electron chi connectivity index (χ1n) is 6.54. The highest BCUT2D eigenvalue weighted by Crippen LogP contribution is 2.33. The molecule has 3 rings (SSSR count). The van der Waals surface area contributed by atoms with Gasteiger partial charge in [-0.25, -0.2) is 0 Å². The van der Waals surface area contributed by atoms with E-state index in [1.54, 1.807) is 0 Å². The van der Waals surface area contributed by atoms with Crippen LogP contribution in [0.25, 0.3) is 0 Å². The van der Waals surface area contributed by atoms with E-state index in [2.05, 4.69) is 22.1 Å². The van der Waals surface area contributed by atoms with Crippen LogP contribution in [0, 0.1) is 0 Å². The maximum atomic E-state index is 11.2. The van der Waals surface area contributed by atoms with Gasteiger partial charge in [-0.15, -0.1) is 10.2 Å². The molecule has 2 aliphatic heterocycles. The van der Waals surface area contributed by atoms with Crippen molar-refractivity contribution in [2.45, 2.75) is 44.2 Å². The van der Waals surface area contributed by atoms with Gasteiger partial charge < -0.3 is 9.67 Å². The second-order valence-electron chi connectivity index (χ2n) is 5.24. The molecule has 0 aromatic carbocycles. The highest BCUT2D eigenvalue weighted by Gasteiger charge is 2.34. The minimum absolute atomic E-state index is 0.304. The number of likely N-dealkylation sites (tertiary alicyclic amines) is 1. The van der Waals surface area contributed by atoms with Gasteiger partial charge in [0.05, 0.1) is 6.04 Å². The third-order valence-electron chi connectivity index (χ3n) is 4.11. The molecule has 98 valence electrons. The Balaban J connectivity index is 1.96. The number of hydrogen-bond donors (Lipinski definition) is 1. The number of aliphatic carboxylic acids is 1. The molecule has 1 N–H and O–H groups in total. The molecular formula is C12H18N4O2. The van der Waals surface area contributed by atoms with Crippen LogP contribution in [0.4, 0.5) is 0 Å². The molecule has 0 aliphatic carbocycles. The number of carboxylic acids is 1. The summed E-state index contributed by atoms with van der Waals surface area (Å²) >= 11 is 0. The van der Waals surface area contributed by atoms with E-state index in [1.807, 2.05) is 4.57 Å². The van der Waals surface area contributed by atoms with Crippen LogP contribution in [0.3, 0.4) is 0 Å². The van der Waals surface area contributed by atoms with E-state index < -0.39 is 11.9 Å². The van der Waals surface area contributed by atoms with Crippen LogP contribution in [0.5, 0.6) is 0 Å². The number of carboxylic acid groups (broad SMARTS) is 1. The molecule has 18 heavy (non-hydrogen) atoms. The number of aromatic nitrogens is 3. The fourth-order valence-electron chi connectivity index (χ4n) is 3.11. The molecule has 2 atom stereocenters. The van der Waals surface area contributed by atoms with Gasteiger partial charge in [0.1, 0.15) is 17.6 Å². The van der Waals surface area contributed by atoms with Crippen molar-refractivity contribution >= 4 is 5.97 Å². The molecular weight excluding hydrogens is 232 g/mol. The molecule has 0 radical (unpaired) electrons. The van der Waals surface area contributed by atoms with Gasteiger partial charge in [0, 0.05) is 6.54 Å². The lowest BCUT2D eigenvalue weighted by atomic mass is 9.99. The summed E-state index contributed by atoms with van der Waals surface area (Å²) in [6.07, 6.45) is 3.83. The van der Waals surface area contributed by atoms with Gasteiger partial charge in [0.2, 0.25) is 0 Å². The van der Waals surface area contributed by atoms with Crippen molar-refractivity contribution in [1.29, 1.82) is 0 Å². The van der Waals surface area contributed by atoms with Crippen LogP contribution >= 0.6 is 0 Å². The number of carbonyl (C=O) groups is 1. The maximum absolute atomic E-state index is 11.2. The predicted molar refractivity (Wildman–Crippen MR) is 64.2 cm³/mol. The molecule has 0 saturated carbocycles. The van der Waals surface area contributed by atoms with E-state index in [-0.39, 0.29) is 0 Å². The van der Waals surface area contributed by atoms with E-state index >= 15 is 0 Å². The molecule has 1 aromatic rings. The Kier molecular flexibility index (Phi) is 2.81. The zero-order valence-corrected chi connectivity index (χ0v) is 10.5. The Morgan fingerprint density at radius 3 is 2.61 bits per heavy atom. The Morgan fingerprint density at radius 1 is 1.22 bits per heavy atom. The van der Waals surface area contributed by atoms with Gasteiger partial charge in [0.15, 0.2) is 0 Å². The fraction of sp³-hybridized carbons (Fsp3) is 0.750. The first-order chi connectivity index (χ1) is 8.68. The Labute approximate surface area is 106 Å². The predicted octanol–water partition coefficient (Wildman–Crippen LogP) is 1.01. The van der Waals surface area contributed by atoms with E-state index in [4.69, 9.17) is 0 Å². The van der Waals surface area contributed by atoms with Gasteiger partial charge in [-0.3, -0.25) is 9.69 Å². The first kappa shape index (κ1) is 11.6. The number of rotatable bonds is 2. The normalized spacial score (nSPS) is 28.3. The van der Waals surface area contributed by atoms with Crippen LogP contribution in [0.15, 0.2) is 0 Å². The van der Waals surface area contributed by atoms with Gasteiger partial charge in [-0.05, 0) is 39.3 Å². The topological polar surface area (TPSA) is 71.2 Å². The van der Waals surface area contributed by atoms with Crippen LogP contribution in [0.2, 0.25) is 0 Å². The Bertz CT molecular complexity index is 471. The van der Waals surface area contributed by atoms with Gasteiger partial charge in [0.25, 0.3) is 0 Å². The number of fused-ring (bicyclic) bond motifs is 1. The summed E-state index contributed by atoms with van der Waals surface area (Å²) in [7, 11) is 2.09. The monoisotopic (exact) mass is 250 g/mol. The molecule has 1 aromatic heterocycles. The average molecular weight is 250 g/mol. The van der Waals surface area contributed by atoms with Crippen molar-refractivity contribution in [3.05, 3.63) is 11.6 Å². The third kappa shape index (κ3) is 1.71. The van der Waals surface area contributed by atoms with Crippen molar-refractivity contribution in [1.82, 2.24) is 19.7 Å². The standard InChI is InChI=1S/C12H18N4O2/c1-15-6-3-5-9(15)11-14-13-10-8(12(17)18)4-2-7-16(10)11/h8-9H,2-7H2,1H3,(H,17,18). The maximum Gasteiger partial charge on any atom is 0.314 e. The zero-order chi connectivity index (χ0) is 12.7. The molecule has 3 heterocycles. The molecule has 0 amide bonds. The van der Waals surface area contributed by atoms with Gasteiger partial charge in [-0.1, -0.05) is 0 Å². The molecule has 0 spiro atoms. The summed E-state index contributed by atoms with van der Waals surface area (Å²) < 4.78 is 2.04. The lowest BCUT2D eigenvalue weighted by Crippen LogP contribution is -2.26. The quantitative estimate of drug-likeness (QED) is 0.848. The lowest BCUT2D eigenvalue weighted by Gasteiger charge is -2.24. The number of nitrogens with zero attached hydrogens (tertiary/aromatic N) is 4. The molecule has 2 aliphatic rings. The van der Waals surface area contributed by atoms with Crippen LogP contribution in [0.1, 0.15) is 49.3 Å². The van der Waals surface area contributed by atoms with Gasteiger partial charge in [-0.2, -0.15) is 0 Å². The van der Waals surface area contributed by atoms with Crippen LogP contribution in [-0.4, -0.2) is 44.3 Å². The van der Waals surface area contributed by atoms with E-state index in [9.17, 15) is 9.90 Å². The van der Waals surface area contributed by atoms with Gasteiger partial charge >= 0.3 is 5.97 Å². The van der Waals surface area contributed by atoms with E-state index in [0.717, 1.165) is 31.8 Å². The smallest absolute Gasteiger partial charge is 0.314 e. The molecule has 6 nitrogen and oxygen atoms in total. The summed E-state index contributed by atoms with van der Waals surface area (Å²) in [6, 6.07) is 0.304. The summed E-state index contributed by atoms with van der Waals surface area (Å²) in [4.78, 5) is 13.5. The fourth-order valence-corrected chi connectivity index (χ4v) is 3.11. The largest absolute Gasteiger partial charge is 0.481 e. The molecule has 2 unspecified atom stereocenters. The van der Waals surface area contributed by atoms with Crippen molar-refractivity contribution in [3.63, 3.8) is 0 Å². The lowest BCUT2D eigenvalue weighted by molar-refractivity contribution is -0.139. The van der Waals surface area contributed by atoms with Crippen molar-refractivity contribution in [2.24, 2.45) is 0 Å². The number of hydrogen-bond acceptors (Lipinski definition) is 4. The Morgan fingerprint density at radius 2 is 1.94 bits per heavy atom. The highest BCUT2D eigenvalue weighted by molar-refractivity contribution is 5.75. The van der Waals surface area contributed by atoms with E-state index in [1.165, 1.54) is 6.42 Å². The second kappa shape index (κ2) is 4.35. The van der Waals surface area contributed by atoms with Crippen LogP contribution < -0.4 is 0 Å². The minimum Gasteiger partial charge on any atom is -0.481 e. The summed E-state index contributed by atoms with van der Waals surface area (Å²) in [5, 5.41) is 17.6. The van der Waals surface area contributed by atoms with Crippen LogP contribution in [-0.2, 0) is 11.3 Å². The highest BCUT2D eigenvalue weighted by atomic mass is 16.4. The molecule has 0 bridgehead atoms. The SMILES string of the molecule is CN1CCCC1c1nnc2n1CCCC2C(=O)O.